The molecule has 1 N–H and O–H groups in total. The molecule has 0 saturated heterocycles. The summed E-state index contributed by atoms with van der Waals surface area (Å²) in [6, 6.07) is 4.30. The molecule has 0 saturated carbocycles. The molecular formula is C14H13FN2O3. The first-order chi connectivity index (χ1) is 9.60. The molecule has 0 amide bonds. The normalized spacial score (nSPS) is 10.9. The minimum atomic E-state index is -1.15. The zero-order valence-electron chi connectivity index (χ0n) is 10.8. The van der Waals surface area contributed by atoms with Gasteiger partial charge in [-0.25, -0.2) is 9.18 Å². The van der Waals surface area contributed by atoms with Crippen LogP contribution in [0.4, 0.5) is 4.39 Å². The number of halogens is 1. The summed E-state index contributed by atoms with van der Waals surface area (Å²) in [6.45, 7) is 2.62. The zero-order valence-corrected chi connectivity index (χ0v) is 10.8. The second-order valence-corrected chi connectivity index (χ2v) is 3.96. The van der Waals surface area contributed by atoms with E-state index in [0.29, 0.717) is 12.3 Å². The number of carboxylic acids is 1. The first kappa shape index (κ1) is 13.8. The molecule has 0 fully saturated rings. The molecule has 0 aliphatic carbocycles. The van der Waals surface area contributed by atoms with Crippen LogP contribution in [0.3, 0.4) is 0 Å². The van der Waals surface area contributed by atoms with Gasteiger partial charge in [0.1, 0.15) is 11.6 Å². The average Bonchev–Trinajstić information content (AvgIpc) is 2.85. The molecule has 2 rings (SSSR count). The Hall–Kier alpha value is -2.63. The molecule has 0 unspecified atom stereocenters. The molecule has 0 atom stereocenters. The summed E-state index contributed by atoms with van der Waals surface area (Å²) in [5.41, 5.74) is 0.0825. The molecule has 0 aliphatic heterocycles. The minimum absolute atomic E-state index is 0.0825. The maximum Gasteiger partial charge on any atom is 0.328 e. The molecule has 1 aromatic carbocycles. The predicted molar refractivity (Wildman–Crippen MR) is 71.0 cm³/mol. The molecule has 5 nitrogen and oxygen atoms in total. The van der Waals surface area contributed by atoms with Crippen molar-refractivity contribution in [3.63, 3.8) is 0 Å². The monoisotopic (exact) mass is 276 g/mol. The van der Waals surface area contributed by atoms with E-state index in [2.05, 4.69) is 5.10 Å². The Labute approximate surface area is 114 Å². The van der Waals surface area contributed by atoms with Crippen molar-refractivity contribution in [2.45, 2.75) is 13.5 Å². The number of aliphatic carboxylic acids is 1. The fraction of sp³-hybridized carbons (Fsp3) is 0.143. The number of benzene rings is 1. The van der Waals surface area contributed by atoms with Gasteiger partial charge in [0.15, 0.2) is 5.75 Å². The lowest BCUT2D eigenvalue weighted by Crippen LogP contribution is -1.93. The van der Waals surface area contributed by atoms with Crippen LogP contribution in [-0.2, 0) is 11.3 Å². The van der Waals surface area contributed by atoms with Gasteiger partial charge in [-0.2, -0.15) is 5.10 Å². The van der Waals surface area contributed by atoms with E-state index in [1.54, 1.807) is 16.9 Å². The third kappa shape index (κ3) is 3.23. The number of carboxylic acid groups (broad SMARTS) is 1. The van der Waals surface area contributed by atoms with Crippen LogP contribution in [0.2, 0.25) is 0 Å². The first-order valence-corrected chi connectivity index (χ1v) is 6.00. The van der Waals surface area contributed by atoms with Gasteiger partial charge in [-0.3, -0.25) is 4.68 Å². The molecule has 0 bridgehead atoms. The summed E-state index contributed by atoms with van der Waals surface area (Å²) >= 11 is 0. The number of aromatic nitrogens is 2. The number of nitrogens with zero attached hydrogens (tertiary/aromatic N) is 2. The molecule has 2 aromatic rings. The molecule has 20 heavy (non-hydrogen) atoms. The fourth-order valence-corrected chi connectivity index (χ4v) is 1.62. The van der Waals surface area contributed by atoms with Crippen LogP contribution in [0.1, 0.15) is 12.5 Å². The lowest BCUT2D eigenvalue weighted by Gasteiger charge is -2.07. The standard InChI is InChI=1S/C14H13FN2O3/c1-2-17-9-10(8-16-17)20-13-5-3-4-12(15)11(13)6-7-14(18)19/h3-9H,2H2,1H3,(H,18,19)/b7-6+. The maximum atomic E-state index is 13.7. The Bertz CT molecular complexity index is 650. The van der Waals surface area contributed by atoms with Crippen LogP contribution in [-0.4, -0.2) is 20.9 Å². The van der Waals surface area contributed by atoms with Gasteiger partial charge in [0, 0.05) is 12.6 Å². The molecule has 1 heterocycles. The topological polar surface area (TPSA) is 64.3 Å². The highest BCUT2D eigenvalue weighted by Gasteiger charge is 2.09. The van der Waals surface area contributed by atoms with Crippen LogP contribution in [0.15, 0.2) is 36.7 Å². The van der Waals surface area contributed by atoms with Gasteiger partial charge >= 0.3 is 5.97 Å². The van der Waals surface area contributed by atoms with Gasteiger partial charge in [-0.05, 0) is 25.1 Å². The summed E-state index contributed by atoms with van der Waals surface area (Å²) in [5.74, 6) is -1.01. The molecule has 6 heteroatoms. The lowest BCUT2D eigenvalue weighted by molar-refractivity contribution is -0.131. The van der Waals surface area contributed by atoms with E-state index >= 15 is 0 Å². The van der Waals surface area contributed by atoms with Crippen molar-refractivity contribution in [2.24, 2.45) is 0 Å². The molecule has 0 aliphatic rings. The van der Waals surface area contributed by atoms with E-state index in [1.165, 1.54) is 18.3 Å². The van der Waals surface area contributed by atoms with Crippen LogP contribution in [0.5, 0.6) is 11.5 Å². The Morgan fingerprint density at radius 2 is 2.35 bits per heavy atom. The molecular weight excluding hydrogens is 263 g/mol. The van der Waals surface area contributed by atoms with Gasteiger partial charge < -0.3 is 9.84 Å². The van der Waals surface area contributed by atoms with E-state index in [1.807, 2.05) is 6.92 Å². The summed E-state index contributed by atoms with van der Waals surface area (Å²) in [4.78, 5) is 10.5. The van der Waals surface area contributed by atoms with Crippen molar-refractivity contribution >= 4 is 12.0 Å². The Balaban J connectivity index is 2.31. The van der Waals surface area contributed by atoms with E-state index in [9.17, 15) is 9.18 Å². The molecule has 0 spiro atoms. The van der Waals surface area contributed by atoms with E-state index in [-0.39, 0.29) is 11.3 Å². The van der Waals surface area contributed by atoms with Gasteiger partial charge in [0.25, 0.3) is 0 Å². The van der Waals surface area contributed by atoms with Crippen LogP contribution < -0.4 is 4.74 Å². The second-order valence-electron chi connectivity index (χ2n) is 3.96. The van der Waals surface area contributed by atoms with Crippen molar-refractivity contribution < 1.29 is 19.0 Å². The Kier molecular flexibility index (Phi) is 4.14. The molecule has 1 aromatic heterocycles. The number of hydrogen-bond acceptors (Lipinski definition) is 3. The zero-order chi connectivity index (χ0) is 14.5. The Morgan fingerprint density at radius 1 is 1.55 bits per heavy atom. The highest BCUT2D eigenvalue weighted by atomic mass is 19.1. The fourth-order valence-electron chi connectivity index (χ4n) is 1.62. The van der Waals surface area contributed by atoms with Gasteiger partial charge in [0.05, 0.1) is 18.0 Å². The summed E-state index contributed by atoms with van der Waals surface area (Å²) in [5, 5.41) is 12.7. The van der Waals surface area contributed by atoms with Gasteiger partial charge in [-0.1, -0.05) is 6.07 Å². The van der Waals surface area contributed by atoms with Crippen LogP contribution in [0, 0.1) is 5.82 Å². The summed E-state index contributed by atoms with van der Waals surface area (Å²) in [6.07, 6.45) is 5.21. The van der Waals surface area contributed by atoms with Crippen LogP contribution in [0.25, 0.3) is 6.08 Å². The van der Waals surface area contributed by atoms with Crippen molar-refractivity contribution in [1.29, 1.82) is 0 Å². The quantitative estimate of drug-likeness (QED) is 0.853. The number of rotatable bonds is 5. The van der Waals surface area contributed by atoms with Crippen molar-refractivity contribution in [2.75, 3.05) is 0 Å². The largest absolute Gasteiger partial charge is 0.478 e. The molecule has 0 radical (unpaired) electrons. The van der Waals surface area contributed by atoms with E-state index in [4.69, 9.17) is 9.84 Å². The van der Waals surface area contributed by atoms with E-state index in [0.717, 1.165) is 12.2 Å². The third-order valence-electron chi connectivity index (χ3n) is 2.57. The minimum Gasteiger partial charge on any atom is -0.478 e. The smallest absolute Gasteiger partial charge is 0.328 e. The van der Waals surface area contributed by atoms with Gasteiger partial charge in [-0.15, -0.1) is 0 Å². The first-order valence-electron chi connectivity index (χ1n) is 6.00. The average molecular weight is 276 g/mol. The maximum absolute atomic E-state index is 13.7. The van der Waals surface area contributed by atoms with Crippen molar-refractivity contribution in [3.8, 4) is 11.5 Å². The lowest BCUT2D eigenvalue weighted by atomic mass is 10.1. The van der Waals surface area contributed by atoms with Crippen molar-refractivity contribution in [1.82, 2.24) is 9.78 Å². The van der Waals surface area contributed by atoms with Gasteiger partial charge in [0.2, 0.25) is 0 Å². The number of carbonyl (C=O) groups is 1. The van der Waals surface area contributed by atoms with E-state index < -0.39 is 11.8 Å². The second kappa shape index (κ2) is 6.01. The third-order valence-corrected chi connectivity index (χ3v) is 2.57. The van der Waals surface area contributed by atoms with Crippen molar-refractivity contribution in [3.05, 3.63) is 48.0 Å². The molecule has 104 valence electrons. The number of aryl methyl sites for hydroxylation is 1. The summed E-state index contributed by atoms with van der Waals surface area (Å²) in [7, 11) is 0. The predicted octanol–water partition coefficient (Wildman–Crippen LogP) is 2.93. The number of hydrogen-bond donors (Lipinski definition) is 1. The Morgan fingerprint density at radius 3 is 3.00 bits per heavy atom. The van der Waals surface area contributed by atoms with Crippen LogP contribution >= 0.6 is 0 Å². The SMILES string of the molecule is CCn1cc(Oc2cccc(F)c2/C=C/C(=O)O)cn1. The highest BCUT2D eigenvalue weighted by Crippen LogP contribution is 2.28. The number of ether oxygens (including phenoxy) is 1. The highest BCUT2D eigenvalue weighted by molar-refractivity contribution is 5.86. The summed E-state index contributed by atoms with van der Waals surface area (Å²) < 4.78 is 20.9.